The first-order valence-electron chi connectivity index (χ1n) is 14.0. The van der Waals surface area contributed by atoms with Crippen molar-refractivity contribution in [3.05, 3.63) is 47.7 Å². The summed E-state index contributed by atoms with van der Waals surface area (Å²) in [5.41, 5.74) is 2.37. The number of benzene rings is 2. The summed E-state index contributed by atoms with van der Waals surface area (Å²) in [6.45, 7) is 6.58. The fourth-order valence-corrected chi connectivity index (χ4v) is 4.16. The van der Waals surface area contributed by atoms with Gasteiger partial charge in [-0.2, -0.15) is 10.2 Å². The summed E-state index contributed by atoms with van der Waals surface area (Å²) >= 11 is 0. The van der Waals surface area contributed by atoms with Crippen molar-refractivity contribution >= 4 is 28.7 Å². The zero-order valence-electron chi connectivity index (χ0n) is 24.8. The summed E-state index contributed by atoms with van der Waals surface area (Å²) in [4.78, 5) is 12.9. The van der Waals surface area contributed by atoms with Crippen molar-refractivity contribution in [2.75, 3.05) is 20.8 Å². The number of carbonyl (C=O) groups is 1. The molecule has 0 bridgehead atoms. The van der Waals surface area contributed by atoms with E-state index in [4.69, 9.17) is 14.2 Å². The smallest absolute Gasteiger partial charge is 0.361 e. The number of carbonyl (C=O) groups excluding carboxylic acids is 1. The lowest BCUT2D eigenvalue weighted by Crippen LogP contribution is -2.14. The van der Waals surface area contributed by atoms with E-state index in [0.717, 1.165) is 48.8 Å². The van der Waals surface area contributed by atoms with Crippen LogP contribution in [0.1, 0.15) is 68.9 Å². The van der Waals surface area contributed by atoms with Crippen molar-refractivity contribution in [2.24, 2.45) is 33.4 Å². The zero-order valence-corrected chi connectivity index (χ0v) is 24.8. The minimum absolute atomic E-state index is 0.0999. The minimum Gasteiger partial charge on any atom is -0.494 e. The Morgan fingerprint density at radius 2 is 1.66 bits per heavy atom. The molecule has 1 atom stereocenters. The quantitative estimate of drug-likeness (QED) is 0.112. The normalized spacial score (nSPS) is 12.2. The summed E-state index contributed by atoms with van der Waals surface area (Å²) in [7, 11) is 4.50. The van der Waals surface area contributed by atoms with Crippen molar-refractivity contribution in [1.29, 1.82) is 0 Å². The van der Waals surface area contributed by atoms with E-state index < -0.39 is 5.97 Å². The van der Waals surface area contributed by atoms with Crippen molar-refractivity contribution < 1.29 is 24.1 Å². The van der Waals surface area contributed by atoms with Gasteiger partial charge < -0.3 is 19.3 Å². The van der Waals surface area contributed by atoms with Crippen LogP contribution in [0.3, 0.4) is 0 Å². The predicted molar refractivity (Wildman–Crippen MR) is 157 cm³/mol. The molecule has 0 fully saturated rings. The molecule has 0 aliphatic heterocycles. The Hall–Kier alpha value is -4.28. The molecular weight excluding hydrogens is 524 g/mol. The number of aromatic nitrogens is 2. The van der Waals surface area contributed by atoms with Crippen molar-refractivity contribution in [3.63, 3.8) is 0 Å². The van der Waals surface area contributed by atoms with E-state index in [0.29, 0.717) is 28.6 Å². The largest absolute Gasteiger partial charge is 0.494 e. The third-order valence-corrected chi connectivity index (χ3v) is 6.76. The Balaban J connectivity index is 1.85. The fourth-order valence-electron chi connectivity index (χ4n) is 4.16. The van der Waals surface area contributed by atoms with Gasteiger partial charge in [-0.05, 0) is 36.5 Å². The molecule has 3 rings (SSSR count). The molecule has 41 heavy (non-hydrogen) atoms. The summed E-state index contributed by atoms with van der Waals surface area (Å²) in [5, 5.41) is 31.7. The van der Waals surface area contributed by atoms with E-state index in [9.17, 15) is 9.90 Å². The molecule has 0 amide bonds. The lowest BCUT2D eigenvalue weighted by molar-refractivity contribution is 0.0421. The van der Waals surface area contributed by atoms with Crippen LogP contribution in [-0.4, -0.2) is 41.7 Å². The Bertz CT molecular complexity index is 1370. The van der Waals surface area contributed by atoms with Crippen LogP contribution in [0.25, 0.3) is 0 Å². The van der Waals surface area contributed by atoms with E-state index in [1.165, 1.54) is 21.3 Å². The summed E-state index contributed by atoms with van der Waals surface area (Å²) in [5.74, 6) is 0.00324. The third kappa shape index (κ3) is 8.36. The highest BCUT2D eigenvalue weighted by atomic mass is 16.5. The van der Waals surface area contributed by atoms with Crippen LogP contribution in [0.15, 0.2) is 56.9 Å². The molecule has 0 saturated carbocycles. The van der Waals surface area contributed by atoms with Gasteiger partial charge in [0.2, 0.25) is 11.6 Å². The van der Waals surface area contributed by atoms with Crippen LogP contribution in [0.4, 0.5) is 22.7 Å². The van der Waals surface area contributed by atoms with Gasteiger partial charge in [0.25, 0.3) is 0 Å². The number of hydrogen-bond donors (Lipinski definition) is 1. The van der Waals surface area contributed by atoms with Crippen molar-refractivity contribution in [3.8, 4) is 17.4 Å². The minimum atomic E-state index is -0.670. The second-order valence-corrected chi connectivity index (χ2v) is 9.63. The summed E-state index contributed by atoms with van der Waals surface area (Å²) in [6.07, 6.45) is 6.15. The number of azo groups is 2. The molecule has 0 aliphatic rings. The molecular formula is C30H40N6O5. The van der Waals surface area contributed by atoms with Gasteiger partial charge in [-0.1, -0.05) is 58.6 Å². The maximum atomic E-state index is 12.9. The van der Waals surface area contributed by atoms with Crippen LogP contribution < -0.4 is 9.47 Å². The molecule has 1 N–H and O–H groups in total. The van der Waals surface area contributed by atoms with Crippen molar-refractivity contribution in [2.45, 2.75) is 59.3 Å². The molecule has 3 aromatic rings. The van der Waals surface area contributed by atoms with Crippen LogP contribution in [0.5, 0.6) is 17.4 Å². The van der Waals surface area contributed by atoms with Gasteiger partial charge in [-0.3, -0.25) is 0 Å². The average molecular weight is 565 g/mol. The molecule has 2 aromatic carbocycles. The molecule has 11 heteroatoms. The molecule has 0 aliphatic carbocycles. The number of unbranched alkanes of at least 4 members (excludes halogenated alkanes) is 2. The van der Waals surface area contributed by atoms with E-state index >= 15 is 0 Å². The maximum absolute atomic E-state index is 12.9. The van der Waals surface area contributed by atoms with Crippen LogP contribution in [-0.2, 0) is 18.2 Å². The van der Waals surface area contributed by atoms with E-state index in [1.54, 1.807) is 12.1 Å². The van der Waals surface area contributed by atoms with E-state index in [1.807, 2.05) is 24.3 Å². The van der Waals surface area contributed by atoms with E-state index in [-0.39, 0.29) is 29.8 Å². The van der Waals surface area contributed by atoms with Gasteiger partial charge in [0.05, 0.1) is 26.5 Å². The molecule has 1 aromatic heterocycles. The number of esters is 1. The van der Waals surface area contributed by atoms with Crippen LogP contribution >= 0.6 is 0 Å². The molecule has 220 valence electrons. The molecule has 0 saturated heterocycles. The molecule has 11 nitrogen and oxygen atoms in total. The number of methoxy groups -OCH3 is 2. The van der Waals surface area contributed by atoms with Crippen LogP contribution in [0, 0.1) is 5.92 Å². The number of rotatable bonds is 15. The Morgan fingerprint density at radius 1 is 0.976 bits per heavy atom. The van der Waals surface area contributed by atoms with Crippen LogP contribution in [0.2, 0.25) is 0 Å². The fraction of sp³-hybridized carbons (Fsp3) is 0.467. The second kappa shape index (κ2) is 15.5. The highest BCUT2D eigenvalue weighted by Crippen LogP contribution is 2.42. The topological polar surface area (TPSA) is 132 Å². The number of aromatic hydroxyl groups is 1. The highest BCUT2D eigenvalue weighted by molar-refractivity contribution is 5.94. The van der Waals surface area contributed by atoms with Gasteiger partial charge in [0.1, 0.15) is 22.9 Å². The molecule has 0 radical (unpaired) electrons. The first-order chi connectivity index (χ1) is 19.8. The Morgan fingerprint density at radius 3 is 2.27 bits per heavy atom. The van der Waals surface area contributed by atoms with Gasteiger partial charge in [-0.15, -0.1) is 15.3 Å². The lowest BCUT2D eigenvalue weighted by Gasteiger charge is -2.14. The molecule has 0 spiro atoms. The Labute approximate surface area is 241 Å². The number of nitrogens with zero attached hydrogens (tertiary/aromatic N) is 6. The first kappa shape index (κ1) is 31.3. The highest BCUT2D eigenvalue weighted by Gasteiger charge is 2.24. The van der Waals surface area contributed by atoms with E-state index in [2.05, 4.69) is 46.3 Å². The van der Waals surface area contributed by atoms with Gasteiger partial charge in [0, 0.05) is 19.2 Å². The number of aryl methyl sites for hydroxylation is 2. The average Bonchev–Trinajstić information content (AvgIpc) is 3.29. The van der Waals surface area contributed by atoms with Gasteiger partial charge in [0.15, 0.2) is 5.69 Å². The third-order valence-electron chi connectivity index (χ3n) is 6.76. The predicted octanol–water partition coefficient (Wildman–Crippen LogP) is 8.30. The lowest BCUT2D eigenvalue weighted by atomic mass is 10.00. The molecule has 1 unspecified atom stereocenters. The zero-order chi connectivity index (χ0) is 29.8. The molecule has 1 heterocycles. The summed E-state index contributed by atoms with van der Waals surface area (Å²) < 4.78 is 17.7. The summed E-state index contributed by atoms with van der Waals surface area (Å²) in [6, 6.07) is 11.0. The number of ether oxygens (including phenoxy) is 3. The van der Waals surface area contributed by atoms with Crippen molar-refractivity contribution in [1.82, 2.24) is 9.78 Å². The van der Waals surface area contributed by atoms with Gasteiger partial charge in [-0.25, -0.2) is 9.48 Å². The monoisotopic (exact) mass is 564 g/mol. The standard InChI is InChI=1S/C30H40N6O5/c1-7-10-11-13-21(9-3)19-41-30(38)28-27(29(37)36(4)35-28)34-33-24-18-25(39-5)23(17-26(24)40-6)32-31-22-15-12-14-20(8-2)16-22/h12,14-18,21,37H,7-11,13,19H2,1-6H3/b32-31+,34-33+. The van der Waals surface area contributed by atoms with Gasteiger partial charge >= 0.3 is 5.97 Å². The second-order valence-electron chi connectivity index (χ2n) is 9.63. The number of hydrogen-bond acceptors (Lipinski definition) is 10. The Kier molecular flexibility index (Phi) is 11.8. The SMILES string of the molecule is CCCCCC(CC)COC(=O)c1nn(C)c(O)c1/N=N/c1cc(OC)c(/N=N/c2cccc(CC)c2)cc1OC. The maximum Gasteiger partial charge on any atom is 0.361 e. The first-order valence-corrected chi connectivity index (χ1v) is 14.0.